The first-order valence-corrected chi connectivity index (χ1v) is 6.64. The lowest BCUT2D eigenvalue weighted by molar-refractivity contribution is 0.0542. The van der Waals surface area contributed by atoms with E-state index in [1.807, 2.05) is 0 Å². The van der Waals surface area contributed by atoms with Crippen LogP contribution in [0, 0.1) is 5.82 Å². The third kappa shape index (κ3) is 4.70. The number of alkyl halides is 2. The Labute approximate surface area is 123 Å². The molecule has 0 unspecified atom stereocenters. The van der Waals surface area contributed by atoms with Gasteiger partial charge in [0.15, 0.2) is 5.82 Å². The van der Waals surface area contributed by atoms with Crippen molar-refractivity contribution in [1.82, 2.24) is 0 Å². The number of carbonyl (C=O) groups excluding carboxylic acids is 1. The van der Waals surface area contributed by atoms with Gasteiger partial charge in [-0.25, -0.2) is 18.0 Å². The number of amides is 1. The molecule has 0 saturated heterocycles. The highest BCUT2D eigenvalue weighted by Gasteiger charge is 2.28. The summed E-state index contributed by atoms with van der Waals surface area (Å²) < 4.78 is 44.3. The second kappa shape index (κ2) is 6.47. The number of hydrogen-bond donors (Lipinski definition) is 0. The highest BCUT2D eigenvalue weighted by Crippen LogP contribution is 2.27. The third-order valence-electron chi connectivity index (χ3n) is 2.16. The van der Waals surface area contributed by atoms with Crippen molar-refractivity contribution < 1.29 is 22.7 Å². The monoisotopic (exact) mass is 353 g/mol. The summed E-state index contributed by atoms with van der Waals surface area (Å²) in [5.41, 5.74) is -1.12. The zero-order chi connectivity index (χ0) is 15.5. The molecule has 0 heterocycles. The average molecular weight is 354 g/mol. The minimum atomic E-state index is -2.80. The van der Waals surface area contributed by atoms with Crippen molar-refractivity contribution in [3.05, 3.63) is 28.5 Å². The van der Waals surface area contributed by atoms with Crippen LogP contribution in [0.5, 0.6) is 0 Å². The second-order valence-corrected chi connectivity index (χ2v) is 5.91. The zero-order valence-electron chi connectivity index (χ0n) is 11.3. The summed E-state index contributed by atoms with van der Waals surface area (Å²) in [6, 6.07) is 4.10. The van der Waals surface area contributed by atoms with Gasteiger partial charge < -0.3 is 4.74 Å². The Morgan fingerprint density at radius 2 is 2.00 bits per heavy atom. The van der Waals surface area contributed by atoms with Gasteiger partial charge in [-0.2, -0.15) is 0 Å². The number of benzene rings is 1. The summed E-state index contributed by atoms with van der Waals surface area (Å²) in [5, 5.41) is 0. The predicted molar refractivity (Wildman–Crippen MR) is 73.7 cm³/mol. The molecule has 1 rings (SSSR count). The van der Waals surface area contributed by atoms with Crippen LogP contribution in [-0.2, 0) is 4.74 Å². The standard InChI is InChI=1S/C13H15BrF3NO2/c1-13(2,3)20-12(19)18(7-10(15)16)9-6-4-5-8(14)11(9)17/h4-6,10H,7H2,1-3H3. The Morgan fingerprint density at radius 1 is 1.40 bits per heavy atom. The van der Waals surface area contributed by atoms with Crippen LogP contribution in [0.15, 0.2) is 22.7 Å². The fourth-order valence-electron chi connectivity index (χ4n) is 1.43. The molecular formula is C13H15BrF3NO2. The Balaban J connectivity index is 3.12. The van der Waals surface area contributed by atoms with Gasteiger partial charge in [0.05, 0.1) is 16.7 Å². The molecule has 0 aliphatic rings. The summed E-state index contributed by atoms with van der Waals surface area (Å²) in [7, 11) is 0. The molecule has 0 fully saturated rings. The maximum absolute atomic E-state index is 14.0. The molecule has 20 heavy (non-hydrogen) atoms. The molecular weight excluding hydrogens is 339 g/mol. The molecule has 0 aliphatic heterocycles. The predicted octanol–water partition coefficient (Wildman–Crippen LogP) is 4.59. The van der Waals surface area contributed by atoms with E-state index in [1.165, 1.54) is 18.2 Å². The van der Waals surface area contributed by atoms with E-state index in [4.69, 9.17) is 4.74 Å². The molecule has 1 aromatic rings. The summed E-state index contributed by atoms with van der Waals surface area (Å²) >= 11 is 2.95. The van der Waals surface area contributed by atoms with Crippen molar-refractivity contribution in [2.75, 3.05) is 11.4 Å². The van der Waals surface area contributed by atoms with E-state index in [0.717, 1.165) is 0 Å². The van der Waals surface area contributed by atoms with Crippen LogP contribution in [0.4, 0.5) is 23.7 Å². The normalized spacial score (nSPS) is 11.6. The molecule has 0 aliphatic carbocycles. The molecule has 112 valence electrons. The van der Waals surface area contributed by atoms with Crippen LogP contribution in [0.1, 0.15) is 20.8 Å². The first-order valence-electron chi connectivity index (χ1n) is 5.84. The Morgan fingerprint density at radius 3 is 2.50 bits per heavy atom. The van der Waals surface area contributed by atoms with Crippen LogP contribution < -0.4 is 4.90 Å². The summed E-state index contributed by atoms with van der Waals surface area (Å²) in [6.07, 6.45) is -3.82. The number of hydrogen-bond acceptors (Lipinski definition) is 2. The Kier molecular flexibility index (Phi) is 5.44. The van der Waals surface area contributed by atoms with E-state index in [2.05, 4.69) is 15.9 Å². The minimum Gasteiger partial charge on any atom is -0.443 e. The van der Waals surface area contributed by atoms with Gasteiger partial charge in [0.2, 0.25) is 0 Å². The number of carbonyl (C=O) groups is 1. The van der Waals surface area contributed by atoms with E-state index in [0.29, 0.717) is 4.90 Å². The van der Waals surface area contributed by atoms with Gasteiger partial charge in [0.1, 0.15) is 5.60 Å². The van der Waals surface area contributed by atoms with Crippen LogP contribution in [0.3, 0.4) is 0 Å². The highest BCUT2D eigenvalue weighted by molar-refractivity contribution is 9.10. The van der Waals surface area contributed by atoms with E-state index >= 15 is 0 Å². The number of rotatable bonds is 3. The maximum atomic E-state index is 14.0. The van der Waals surface area contributed by atoms with Crippen molar-refractivity contribution in [1.29, 1.82) is 0 Å². The van der Waals surface area contributed by atoms with E-state index in [-0.39, 0.29) is 10.2 Å². The number of nitrogens with zero attached hydrogens (tertiary/aromatic N) is 1. The fraction of sp³-hybridized carbons (Fsp3) is 0.462. The van der Waals surface area contributed by atoms with Gasteiger partial charge >= 0.3 is 6.09 Å². The zero-order valence-corrected chi connectivity index (χ0v) is 12.9. The smallest absolute Gasteiger partial charge is 0.415 e. The molecule has 0 bridgehead atoms. The quantitative estimate of drug-likeness (QED) is 0.794. The summed E-state index contributed by atoms with van der Waals surface area (Å²) in [6.45, 7) is 3.86. The van der Waals surface area contributed by atoms with Gasteiger partial charge in [0, 0.05) is 0 Å². The molecule has 1 aromatic carbocycles. The lowest BCUT2D eigenvalue weighted by atomic mass is 10.2. The molecule has 0 atom stereocenters. The van der Waals surface area contributed by atoms with Gasteiger partial charge in [-0.05, 0) is 48.8 Å². The van der Waals surface area contributed by atoms with E-state index in [1.54, 1.807) is 20.8 Å². The molecule has 1 amide bonds. The lowest BCUT2D eigenvalue weighted by Gasteiger charge is -2.27. The van der Waals surface area contributed by atoms with E-state index in [9.17, 15) is 18.0 Å². The van der Waals surface area contributed by atoms with Gasteiger partial charge in [-0.3, -0.25) is 4.90 Å². The highest BCUT2D eigenvalue weighted by atomic mass is 79.9. The Bertz CT molecular complexity index is 489. The van der Waals surface area contributed by atoms with Crippen molar-refractivity contribution in [2.45, 2.75) is 32.8 Å². The number of anilines is 1. The third-order valence-corrected chi connectivity index (χ3v) is 2.77. The van der Waals surface area contributed by atoms with Crippen molar-refractivity contribution >= 4 is 27.7 Å². The van der Waals surface area contributed by atoms with Crippen molar-refractivity contribution in [3.8, 4) is 0 Å². The van der Waals surface area contributed by atoms with Crippen LogP contribution >= 0.6 is 15.9 Å². The molecule has 0 spiro atoms. The molecule has 0 radical (unpaired) electrons. The van der Waals surface area contributed by atoms with E-state index < -0.39 is 30.5 Å². The molecule has 0 saturated carbocycles. The van der Waals surface area contributed by atoms with Crippen molar-refractivity contribution in [2.24, 2.45) is 0 Å². The first-order chi connectivity index (χ1) is 9.11. The first kappa shape index (κ1) is 16.8. The van der Waals surface area contributed by atoms with Gasteiger partial charge in [0.25, 0.3) is 6.43 Å². The van der Waals surface area contributed by atoms with Crippen LogP contribution in [-0.4, -0.2) is 24.7 Å². The van der Waals surface area contributed by atoms with Crippen LogP contribution in [0.25, 0.3) is 0 Å². The number of halogens is 4. The topological polar surface area (TPSA) is 29.5 Å². The Hall–Kier alpha value is -1.24. The average Bonchev–Trinajstić information content (AvgIpc) is 2.27. The lowest BCUT2D eigenvalue weighted by Crippen LogP contribution is -2.40. The SMILES string of the molecule is CC(C)(C)OC(=O)N(CC(F)F)c1cccc(Br)c1F. The summed E-state index contributed by atoms with van der Waals surface area (Å²) in [5.74, 6) is -0.793. The fourth-order valence-corrected chi connectivity index (χ4v) is 1.78. The number of ether oxygens (including phenoxy) is 1. The second-order valence-electron chi connectivity index (χ2n) is 5.05. The minimum absolute atomic E-state index is 0.0813. The summed E-state index contributed by atoms with van der Waals surface area (Å²) in [4.78, 5) is 12.5. The van der Waals surface area contributed by atoms with Crippen molar-refractivity contribution in [3.63, 3.8) is 0 Å². The largest absolute Gasteiger partial charge is 0.443 e. The maximum Gasteiger partial charge on any atom is 0.415 e. The molecule has 3 nitrogen and oxygen atoms in total. The molecule has 0 aromatic heterocycles. The van der Waals surface area contributed by atoms with Gasteiger partial charge in [-0.15, -0.1) is 0 Å². The molecule has 7 heteroatoms. The van der Waals surface area contributed by atoms with Gasteiger partial charge in [-0.1, -0.05) is 6.07 Å². The molecule has 0 N–H and O–H groups in total. The van der Waals surface area contributed by atoms with Crippen LogP contribution in [0.2, 0.25) is 0 Å².